The fourth-order valence-corrected chi connectivity index (χ4v) is 2.43. The Morgan fingerprint density at radius 2 is 1.88 bits per heavy atom. The van der Waals surface area contributed by atoms with Crippen LogP contribution in [0.4, 0.5) is 0 Å². The largest absolute Gasteiger partial charge is 0.337 e. The molecule has 2 heterocycles. The SMILES string of the molecule is Cc1cc2nc(-c3snnc3C)[nH]c2cc1C. The van der Waals surface area contributed by atoms with Gasteiger partial charge in [-0.1, -0.05) is 4.49 Å². The van der Waals surface area contributed by atoms with Crippen LogP contribution >= 0.6 is 11.5 Å². The maximum Gasteiger partial charge on any atom is 0.152 e. The molecule has 86 valence electrons. The Kier molecular flexibility index (Phi) is 2.22. The maximum atomic E-state index is 4.59. The van der Waals surface area contributed by atoms with Crippen LogP contribution in [0.15, 0.2) is 12.1 Å². The molecule has 2 aromatic heterocycles. The van der Waals surface area contributed by atoms with Gasteiger partial charge in [0.2, 0.25) is 0 Å². The van der Waals surface area contributed by atoms with Crippen molar-refractivity contribution in [3.63, 3.8) is 0 Å². The van der Waals surface area contributed by atoms with Gasteiger partial charge >= 0.3 is 0 Å². The molecule has 0 aliphatic rings. The molecule has 5 heteroatoms. The van der Waals surface area contributed by atoms with Gasteiger partial charge in [0.25, 0.3) is 0 Å². The molecule has 0 radical (unpaired) electrons. The molecule has 0 unspecified atom stereocenters. The average Bonchev–Trinajstić information content (AvgIpc) is 2.85. The van der Waals surface area contributed by atoms with E-state index in [0.717, 1.165) is 27.4 Å². The second-order valence-corrected chi connectivity index (χ2v) is 4.98. The molecule has 0 amide bonds. The Morgan fingerprint density at radius 1 is 1.12 bits per heavy atom. The highest BCUT2D eigenvalue weighted by Crippen LogP contribution is 2.26. The number of aryl methyl sites for hydroxylation is 3. The van der Waals surface area contributed by atoms with Gasteiger partial charge in [-0.25, -0.2) is 4.98 Å². The van der Waals surface area contributed by atoms with Crippen molar-refractivity contribution >= 4 is 22.6 Å². The Morgan fingerprint density at radius 3 is 2.59 bits per heavy atom. The average molecular weight is 244 g/mol. The summed E-state index contributed by atoms with van der Waals surface area (Å²) >= 11 is 1.37. The molecule has 4 nitrogen and oxygen atoms in total. The monoisotopic (exact) mass is 244 g/mol. The van der Waals surface area contributed by atoms with Crippen LogP contribution in [0.1, 0.15) is 16.8 Å². The molecule has 0 spiro atoms. The smallest absolute Gasteiger partial charge is 0.152 e. The lowest BCUT2D eigenvalue weighted by Gasteiger charge is -1.97. The Hall–Kier alpha value is -1.75. The first kappa shape index (κ1) is 10.4. The molecule has 3 rings (SSSR count). The van der Waals surface area contributed by atoms with Gasteiger partial charge in [0.05, 0.1) is 16.7 Å². The number of imidazole rings is 1. The molecule has 3 aromatic rings. The quantitative estimate of drug-likeness (QED) is 0.716. The van der Waals surface area contributed by atoms with Gasteiger partial charge in [-0.05, 0) is 55.6 Å². The van der Waals surface area contributed by atoms with Crippen LogP contribution < -0.4 is 0 Å². The second-order valence-electron chi connectivity index (χ2n) is 4.23. The lowest BCUT2D eigenvalue weighted by atomic mass is 10.1. The molecule has 0 fully saturated rings. The summed E-state index contributed by atoms with van der Waals surface area (Å²) in [5.74, 6) is 0.859. The summed E-state index contributed by atoms with van der Waals surface area (Å²) in [6.07, 6.45) is 0. The molecule has 0 bridgehead atoms. The van der Waals surface area contributed by atoms with Crippen molar-refractivity contribution in [1.29, 1.82) is 0 Å². The lowest BCUT2D eigenvalue weighted by Crippen LogP contribution is -1.79. The summed E-state index contributed by atoms with van der Waals surface area (Å²) in [5.41, 5.74) is 5.51. The van der Waals surface area contributed by atoms with Crippen molar-refractivity contribution in [1.82, 2.24) is 19.6 Å². The molecule has 17 heavy (non-hydrogen) atoms. The fourth-order valence-electron chi connectivity index (χ4n) is 1.83. The van der Waals surface area contributed by atoms with Crippen molar-refractivity contribution in [2.75, 3.05) is 0 Å². The molecule has 0 saturated heterocycles. The van der Waals surface area contributed by atoms with E-state index >= 15 is 0 Å². The zero-order valence-electron chi connectivity index (χ0n) is 9.90. The molecule has 0 aliphatic carbocycles. The van der Waals surface area contributed by atoms with E-state index in [1.165, 1.54) is 22.7 Å². The highest BCUT2D eigenvalue weighted by atomic mass is 32.1. The topological polar surface area (TPSA) is 54.5 Å². The molecule has 1 N–H and O–H groups in total. The number of aromatic nitrogens is 4. The van der Waals surface area contributed by atoms with Gasteiger partial charge in [-0.3, -0.25) is 0 Å². The number of nitrogens with one attached hydrogen (secondary N) is 1. The Labute approximate surface area is 103 Å². The van der Waals surface area contributed by atoms with Crippen LogP contribution in [0.25, 0.3) is 21.7 Å². The minimum absolute atomic E-state index is 0.859. The van der Waals surface area contributed by atoms with Gasteiger partial charge in [0, 0.05) is 0 Å². The number of benzene rings is 1. The van der Waals surface area contributed by atoms with Crippen molar-refractivity contribution in [2.24, 2.45) is 0 Å². The number of hydrogen-bond donors (Lipinski definition) is 1. The van der Waals surface area contributed by atoms with E-state index in [1.54, 1.807) is 0 Å². The number of fused-ring (bicyclic) bond motifs is 1. The van der Waals surface area contributed by atoms with E-state index in [0.29, 0.717) is 0 Å². The lowest BCUT2D eigenvalue weighted by molar-refractivity contribution is 1.09. The summed E-state index contributed by atoms with van der Waals surface area (Å²) in [7, 11) is 0. The third-order valence-corrected chi connectivity index (χ3v) is 3.80. The zero-order chi connectivity index (χ0) is 12.0. The summed E-state index contributed by atoms with van der Waals surface area (Å²) < 4.78 is 3.94. The number of hydrogen-bond acceptors (Lipinski definition) is 4. The number of aromatic amines is 1. The first-order valence-electron chi connectivity index (χ1n) is 5.41. The zero-order valence-corrected chi connectivity index (χ0v) is 10.7. The minimum atomic E-state index is 0.859. The van der Waals surface area contributed by atoms with Crippen LogP contribution in [0, 0.1) is 20.8 Å². The van der Waals surface area contributed by atoms with E-state index in [1.807, 2.05) is 6.92 Å². The summed E-state index contributed by atoms with van der Waals surface area (Å²) in [6.45, 7) is 6.15. The minimum Gasteiger partial charge on any atom is -0.337 e. The Bertz CT molecular complexity index is 657. The predicted molar refractivity (Wildman–Crippen MR) is 69.2 cm³/mol. The van der Waals surface area contributed by atoms with Gasteiger partial charge < -0.3 is 4.98 Å². The van der Waals surface area contributed by atoms with Crippen LogP contribution in [0.5, 0.6) is 0 Å². The van der Waals surface area contributed by atoms with Gasteiger partial charge in [0.15, 0.2) is 5.82 Å². The summed E-state index contributed by atoms with van der Waals surface area (Å²) in [4.78, 5) is 8.93. The van der Waals surface area contributed by atoms with Crippen LogP contribution in [-0.2, 0) is 0 Å². The van der Waals surface area contributed by atoms with Crippen LogP contribution in [-0.4, -0.2) is 19.6 Å². The fraction of sp³-hybridized carbons (Fsp3) is 0.250. The van der Waals surface area contributed by atoms with Crippen LogP contribution in [0.3, 0.4) is 0 Å². The number of nitrogens with zero attached hydrogens (tertiary/aromatic N) is 3. The van der Waals surface area contributed by atoms with Crippen molar-refractivity contribution in [3.8, 4) is 10.7 Å². The van der Waals surface area contributed by atoms with E-state index in [4.69, 9.17) is 0 Å². The highest BCUT2D eigenvalue weighted by molar-refractivity contribution is 7.09. The first-order valence-corrected chi connectivity index (χ1v) is 6.19. The standard InChI is InChI=1S/C12H12N4S/c1-6-4-9-10(5-7(6)2)14-12(13-9)11-8(3)15-16-17-11/h4-5H,1-3H3,(H,13,14). The molecule has 0 atom stereocenters. The summed E-state index contributed by atoms with van der Waals surface area (Å²) in [5, 5.41) is 4.01. The first-order chi connectivity index (χ1) is 8.15. The molecule has 1 aromatic carbocycles. The third kappa shape index (κ3) is 1.63. The third-order valence-electron chi connectivity index (χ3n) is 2.96. The van der Waals surface area contributed by atoms with Crippen molar-refractivity contribution in [2.45, 2.75) is 20.8 Å². The summed E-state index contributed by atoms with van der Waals surface area (Å²) in [6, 6.07) is 4.24. The van der Waals surface area contributed by atoms with E-state index in [9.17, 15) is 0 Å². The molecular formula is C12H12N4S. The highest BCUT2D eigenvalue weighted by Gasteiger charge is 2.11. The van der Waals surface area contributed by atoms with Gasteiger partial charge in [-0.2, -0.15) is 0 Å². The van der Waals surface area contributed by atoms with Gasteiger partial charge in [0.1, 0.15) is 4.88 Å². The van der Waals surface area contributed by atoms with Crippen molar-refractivity contribution < 1.29 is 0 Å². The van der Waals surface area contributed by atoms with Crippen molar-refractivity contribution in [3.05, 3.63) is 29.0 Å². The Balaban J connectivity index is 2.24. The van der Waals surface area contributed by atoms with E-state index in [2.05, 4.69) is 45.5 Å². The molecule has 0 saturated carbocycles. The van der Waals surface area contributed by atoms with Crippen LogP contribution in [0.2, 0.25) is 0 Å². The normalized spacial score (nSPS) is 11.2. The van der Waals surface area contributed by atoms with E-state index in [-0.39, 0.29) is 0 Å². The second kappa shape index (κ2) is 3.63. The number of rotatable bonds is 1. The number of H-pyrrole nitrogens is 1. The van der Waals surface area contributed by atoms with Gasteiger partial charge in [-0.15, -0.1) is 5.10 Å². The maximum absolute atomic E-state index is 4.59. The van der Waals surface area contributed by atoms with E-state index < -0.39 is 0 Å². The molecular weight excluding hydrogens is 232 g/mol. The molecule has 0 aliphatic heterocycles. The predicted octanol–water partition coefficient (Wildman–Crippen LogP) is 3.01.